The summed E-state index contributed by atoms with van der Waals surface area (Å²) in [4.78, 5) is 37.2. The molecule has 1 aromatic carbocycles. The normalized spacial score (nSPS) is 20.2. The SMILES string of the molecule is CCC[C@@H]1N(C(=O)c2cnccc2C(F)(F)F)CCC[C@]1(Oc1cc(C(F)(F)F)n(C)n1)C(=O)N1CCN(c2ccccc2OCCO)CC1. The van der Waals surface area contributed by atoms with E-state index in [9.17, 15) is 41.0 Å². The number of benzene rings is 1. The molecular formula is C33H38F6N6O5. The minimum absolute atomic E-state index is 0.0253. The molecule has 2 saturated heterocycles. The molecule has 0 radical (unpaired) electrons. The molecule has 0 bridgehead atoms. The molecule has 0 aliphatic carbocycles. The van der Waals surface area contributed by atoms with Crippen LogP contribution in [0, 0.1) is 0 Å². The lowest BCUT2D eigenvalue weighted by molar-refractivity contribution is -0.160. The van der Waals surface area contributed by atoms with Crippen LogP contribution in [0.15, 0.2) is 48.8 Å². The van der Waals surface area contributed by atoms with Gasteiger partial charge in [0.1, 0.15) is 18.1 Å². The van der Waals surface area contributed by atoms with Crippen molar-refractivity contribution in [3.63, 3.8) is 0 Å². The summed E-state index contributed by atoms with van der Waals surface area (Å²) in [6, 6.07) is 7.39. The van der Waals surface area contributed by atoms with Gasteiger partial charge < -0.3 is 29.3 Å². The van der Waals surface area contributed by atoms with E-state index in [4.69, 9.17) is 9.47 Å². The Bertz CT molecular complexity index is 1660. The van der Waals surface area contributed by atoms with Gasteiger partial charge in [0.05, 0.1) is 29.5 Å². The Morgan fingerprint density at radius 3 is 2.38 bits per heavy atom. The molecule has 2 aromatic heterocycles. The second-order valence-corrected chi connectivity index (χ2v) is 12.1. The quantitative estimate of drug-likeness (QED) is 0.299. The topological polar surface area (TPSA) is 113 Å². The molecule has 2 aliphatic rings. The number of hydrogen-bond donors (Lipinski definition) is 1. The summed E-state index contributed by atoms with van der Waals surface area (Å²) in [7, 11) is 1.08. The number of anilines is 1. The summed E-state index contributed by atoms with van der Waals surface area (Å²) in [5.41, 5.74) is -4.28. The van der Waals surface area contributed by atoms with Gasteiger partial charge in [-0.15, -0.1) is 5.10 Å². The molecule has 50 heavy (non-hydrogen) atoms. The molecule has 5 rings (SSSR count). The van der Waals surface area contributed by atoms with E-state index in [0.717, 1.165) is 30.0 Å². The number of aryl methyl sites for hydroxylation is 1. The summed E-state index contributed by atoms with van der Waals surface area (Å²) in [6.07, 6.45) is -7.40. The van der Waals surface area contributed by atoms with Gasteiger partial charge in [0.15, 0.2) is 0 Å². The average Bonchev–Trinajstić information content (AvgIpc) is 3.47. The van der Waals surface area contributed by atoms with Gasteiger partial charge in [-0.3, -0.25) is 19.3 Å². The number of carbonyl (C=O) groups excluding carboxylic acids is 2. The number of hydrogen-bond acceptors (Lipinski definition) is 8. The number of alkyl halides is 6. The molecule has 2 aliphatic heterocycles. The number of piperazine rings is 1. The van der Waals surface area contributed by atoms with Gasteiger partial charge in [-0.05, 0) is 31.0 Å². The number of pyridine rings is 1. The highest BCUT2D eigenvalue weighted by molar-refractivity contribution is 5.97. The molecule has 11 nitrogen and oxygen atoms in total. The number of rotatable bonds is 10. The highest BCUT2D eigenvalue weighted by Crippen LogP contribution is 2.41. The van der Waals surface area contributed by atoms with Crippen molar-refractivity contribution < 1.29 is 50.5 Å². The lowest BCUT2D eigenvalue weighted by Crippen LogP contribution is -2.69. The molecule has 0 unspecified atom stereocenters. The molecule has 17 heteroatoms. The number of aromatic nitrogens is 3. The van der Waals surface area contributed by atoms with E-state index in [1.807, 2.05) is 17.0 Å². The van der Waals surface area contributed by atoms with E-state index in [1.54, 1.807) is 19.1 Å². The van der Waals surface area contributed by atoms with Gasteiger partial charge in [-0.1, -0.05) is 25.5 Å². The van der Waals surface area contributed by atoms with Crippen LogP contribution < -0.4 is 14.4 Å². The van der Waals surface area contributed by atoms with Gasteiger partial charge in [-0.2, -0.15) is 26.3 Å². The summed E-state index contributed by atoms with van der Waals surface area (Å²) in [6.45, 7) is 2.60. The predicted molar refractivity (Wildman–Crippen MR) is 168 cm³/mol. The Balaban J connectivity index is 1.52. The highest BCUT2D eigenvalue weighted by atomic mass is 19.4. The van der Waals surface area contributed by atoms with Gasteiger partial charge in [-0.25, -0.2) is 0 Å². The van der Waals surface area contributed by atoms with Crippen molar-refractivity contribution >= 4 is 17.5 Å². The summed E-state index contributed by atoms with van der Waals surface area (Å²) >= 11 is 0. The molecule has 4 heterocycles. The van der Waals surface area contributed by atoms with Crippen molar-refractivity contribution in [3.05, 3.63) is 65.6 Å². The number of ether oxygens (including phenoxy) is 2. The second kappa shape index (κ2) is 14.7. The van der Waals surface area contributed by atoms with Crippen molar-refractivity contribution in [2.45, 2.75) is 56.6 Å². The smallest absolute Gasteiger partial charge is 0.433 e. The molecule has 2 atom stereocenters. The third-order valence-corrected chi connectivity index (χ3v) is 8.96. The fourth-order valence-electron chi connectivity index (χ4n) is 6.73. The Labute approximate surface area is 284 Å². The Morgan fingerprint density at radius 1 is 1.02 bits per heavy atom. The van der Waals surface area contributed by atoms with Gasteiger partial charge in [0, 0.05) is 64.7 Å². The van der Waals surface area contributed by atoms with E-state index in [-0.39, 0.29) is 52.1 Å². The van der Waals surface area contributed by atoms with Crippen LogP contribution in [0.5, 0.6) is 11.6 Å². The van der Waals surface area contributed by atoms with Gasteiger partial charge >= 0.3 is 12.4 Å². The zero-order chi connectivity index (χ0) is 36.3. The standard InChI is InChI=1S/C33H38F6N6O5/c1-3-7-26-31(50-28-20-27(33(37,38)39)42(2)41-28,11-6-13-45(26)29(47)22-21-40-12-10-23(22)32(34,35)36)30(48)44-16-14-43(15-17-44)24-8-4-5-9-25(24)49-19-18-46/h4-5,8-10,12,20-21,26,46H,3,6-7,11,13-19H2,1-2H3/t26-,31+/m0/s1. The number of likely N-dealkylation sites (tertiary alicyclic amines) is 1. The number of nitrogens with zero attached hydrogens (tertiary/aromatic N) is 6. The van der Waals surface area contributed by atoms with Crippen LogP contribution in [-0.4, -0.2) is 99.1 Å². The molecule has 0 spiro atoms. The van der Waals surface area contributed by atoms with Crippen molar-refractivity contribution in [1.29, 1.82) is 0 Å². The minimum Gasteiger partial charge on any atom is -0.489 e. The molecule has 0 saturated carbocycles. The largest absolute Gasteiger partial charge is 0.489 e. The van der Waals surface area contributed by atoms with Crippen LogP contribution in [0.2, 0.25) is 0 Å². The Kier molecular flexibility index (Phi) is 10.8. The first-order valence-corrected chi connectivity index (χ1v) is 16.2. The van der Waals surface area contributed by atoms with Crippen LogP contribution in [0.3, 0.4) is 0 Å². The Morgan fingerprint density at radius 2 is 1.74 bits per heavy atom. The number of piperidine rings is 1. The van der Waals surface area contributed by atoms with Crippen molar-refractivity contribution in [2.75, 3.05) is 50.8 Å². The number of amides is 2. The zero-order valence-corrected chi connectivity index (χ0v) is 27.5. The average molecular weight is 713 g/mol. The fraction of sp³-hybridized carbons (Fsp3) is 0.515. The second-order valence-electron chi connectivity index (χ2n) is 12.1. The molecule has 3 aromatic rings. The summed E-state index contributed by atoms with van der Waals surface area (Å²) in [5.74, 6) is -1.60. The number of carbonyl (C=O) groups is 2. The maximum absolute atomic E-state index is 14.8. The van der Waals surface area contributed by atoms with Crippen LogP contribution in [0.25, 0.3) is 0 Å². The maximum atomic E-state index is 14.8. The van der Waals surface area contributed by atoms with Crippen LogP contribution >= 0.6 is 0 Å². The van der Waals surface area contributed by atoms with E-state index in [1.165, 1.54) is 4.90 Å². The van der Waals surface area contributed by atoms with Gasteiger partial charge in [0.2, 0.25) is 11.5 Å². The first kappa shape index (κ1) is 36.7. The van der Waals surface area contributed by atoms with E-state index < -0.39 is 58.5 Å². The van der Waals surface area contributed by atoms with Crippen LogP contribution in [0.1, 0.15) is 54.2 Å². The number of para-hydroxylation sites is 2. The van der Waals surface area contributed by atoms with Crippen LogP contribution in [0.4, 0.5) is 32.0 Å². The first-order chi connectivity index (χ1) is 23.7. The lowest BCUT2D eigenvalue weighted by atomic mass is 9.79. The summed E-state index contributed by atoms with van der Waals surface area (Å²) in [5, 5.41) is 13.1. The van der Waals surface area contributed by atoms with E-state index in [2.05, 4.69) is 10.1 Å². The van der Waals surface area contributed by atoms with Crippen LogP contribution in [-0.2, 0) is 24.2 Å². The molecular weight excluding hydrogens is 674 g/mol. The Hall–Kier alpha value is -4.54. The minimum atomic E-state index is -4.88. The third-order valence-electron chi connectivity index (χ3n) is 8.96. The monoisotopic (exact) mass is 712 g/mol. The maximum Gasteiger partial charge on any atom is 0.433 e. The van der Waals surface area contributed by atoms with E-state index in [0.29, 0.717) is 42.1 Å². The zero-order valence-electron chi connectivity index (χ0n) is 27.5. The molecule has 2 fully saturated rings. The molecule has 2 amide bonds. The van der Waals surface area contributed by atoms with Crippen molar-refractivity contribution in [1.82, 2.24) is 24.6 Å². The van der Waals surface area contributed by atoms with Crippen molar-refractivity contribution in [2.24, 2.45) is 7.05 Å². The predicted octanol–water partition coefficient (Wildman–Crippen LogP) is 4.80. The molecule has 1 N–H and O–H groups in total. The van der Waals surface area contributed by atoms with Gasteiger partial charge in [0.25, 0.3) is 11.8 Å². The fourth-order valence-corrected chi connectivity index (χ4v) is 6.73. The first-order valence-electron chi connectivity index (χ1n) is 16.2. The summed E-state index contributed by atoms with van der Waals surface area (Å²) < 4.78 is 95.8. The number of aliphatic hydroxyl groups excluding tert-OH is 1. The molecule has 272 valence electrons. The highest BCUT2D eigenvalue weighted by Gasteiger charge is 2.56. The lowest BCUT2D eigenvalue weighted by Gasteiger charge is -2.50. The third kappa shape index (κ3) is 7.46. The van der Waals surface area contributed by atoms with E-state index >= 15 is 0 Å². The number of halogens is 6. The number of aliphatic hydroxyl groups is 1. The van der Waals surface area contributed by atoms with Crippen molar-refractivity contribution in [3.8, 4) is 11.6 Å².